The number of aliphatic hydroxyl groups excluding tert-OH is 2. The monoisotopic (exact) mass is 832 g/mol. The number of nitrogens with one attached hydrogen (secondary N) is 2. The number of fused-ring (bicyclic) bond motifs is 2. The Morgan fingerprint density at radius 3 is 2.32 bits per heavy atom. The quantitative estimate of drug-likeness (QED) is 0.0658. The third-order valence-corrected chi connectivity index (χ3v) is 10.2. The van der Waals surface area contributed by atoms with E-state index in [-0.39, 0.29) is 40.6 Å². The van der Waals surface area contributed by atoms with Crippen LogP contribution in [0.25, 0.3) is 22.3 Å². The molecule has 7 rings (SSSR count). The number of benzene rings is 1. The number of methoxy groups -OCH3 is 1. The van der Waals surface area contributed by atoms with E-state index in [4.69, 9.17) is 29.0 Å². The average Bonchev–Trinajstić information content (AvgIpc) is 3.90. The molecule has 302 valence electrons. The standard InChI is InChI=1S/C28H32F2N10O14P2/c1-49-21-20(54-56(47,48)51-6-14-18(41)19(42)26(52-14)40-10-36-17-24(40)37-28(31)38-25(17)43)15(7-50-55(44,45)46)53-27(21)39-9-35-16-22(33-8-34-23(16)39)32-5-11-2-3-12(29)13(30)4-11/h2-4,8-10,14-15,18-21,26-27,41-42H,5-7H2,1H3,(H,47,48)(H,32,33,34)(H2,44,45,46)(H3,31,37,38,43)/t14-,15-,18?,19?,20?,21?,26-,27-/m1/s1. The van der Waals surface area contributed by atoms with Gasteiger partial charge in [-0.3, -0.25) is 32.5 Å². The topological polar surface area (TPSA) is 336 Å². The second-order valence-electron chi connectivity index (χ2n) is 12.4. The number of nitrogens with zero attached hydrogens (tertiary/aromatic N) is 7. The number of nitrogens with two attached hydrogens (primary N) is 1. The number of rotatable bonds is 14. The van der Waals surface area contributed by atoms with Crippen molar-refractivity contribution in [3.8, 4) is 0 Å². The fourth-order valence-corrected chi connectivity index (χ4v) is 7.50. The van der Waals surface area contributed by atoms with Crippen LogP contribution in [-0.2, 0) is 43.5 Å². The van der Waals surface area contributed by atoms with E-state index in [2.05, 4.69) is 39.7 Å². The molecule has 0 saturated carbocycles. The van der Waals surface area contributed by atoms with Crippen LogP contribution in [0.3, 0.4) is 0 Å². The van der Waals surface area contributed by atoms with Crippen molar-refractivity contribution in [2.45, 2.75) is 55.6 Å². The number of phosphoric acid groups is 2. The lowest BCUT2D eigenvalue weighted by molar-refractivity contribution is -0.0582. The molecule has 9 N–H and O–H groups in total. The fraction of sp³-hybridized carbons (Fsp3) is 0.429. The number of aliphatic hydroxyl groups is 2. The molecule has 0 spiro atoms. The Labute approximate surface area is 311 Å². The Morgan fingerprint density at radius 2 is 1.61 bits per heavy atom. The Kier molecular flexibility index (Phi) is 11.0. The van der Waals surface area contributed by atoms with Crippen molar-refractivity contribution in [1.82, 2.24) is 39.0 Å². The number of hydrogen-bond acceptors (Lipinski definition) is 18. The van der Waals surface area contributed by atoms with Crippen molar-refractivity contribution in [3.05, 3.63) is 64.7 Å². The summed E-state index contributed by atoms with van der Waals surface area (Å²) in [5.74, 6) is -2.15. The molecule has 4 aromatic heterocycles. The molecule has 5 unspecified atom stereocenters. The molecule has 56 heavy (non-hydrogen) atoms. The van der Waals surface area contributed by atoms with E-state index in [1.165, 1.54) is 24.1 Å². The molecule has 2 fully saturated rings. The van der Waals surface area contributed by atoms with Gasteiger partial charge in [-0.25, -0.2) is 37.8 Å². The first-order chi connectivity index (χ1) is 26.5. The number of aromatic nitrogens is 8. The maximum absolute atomic E-state index is 13.7. The Hall–Kier alpha value is -4.40. The first-order valence-corrected chi connectivity index (χ1v) is 19.2. The van der Waals surface area contributed by atoms with Crippen molar-refractivity contribution in [1.29, 1.82) is 0 Å². The normalized spacial score (nSPS) is 26.6. The van der Waals surface area contributed by atoms with E-state index < -0.39 is 95.1 Å². The lowest BCUT2D eigenvalue weighted by Crippen LogP contribution is -2.38. The van der Waals surface area contributed by atoms with Crippen LogP contribution >= 0.6 is 15.6 Å². The zero-order chi connectivity index (χ0) is 40.1. The zero-order valence-electron chi connectivity index (χ0n) is 28.5. The van der Waals surface area contributed by atoms with Gasteiger partial charge >= 0.3 is 15.6 Å². The maximum Gasteiger partial charge on any atom is 0.472 e. The number of nitrogen functional groups attached to an aromatic ring is 1. The van der Waals surface area contributed by atoms with E-state index in [1.54, 1.807) is 0 Å². The number of ether oxygens (including phenoxy) is 3. The van der Waals surface area contributed by atoms with Crippen molar-refractivity contribution in [2.75, 3.05) is 31.4 Å². The van der Waals surface area contributed by atoms with Crippen molar-refractivity contribution in [3.63, 3.8) is 0 Å². The molecule has 9 atom stereocenters. The number of halogens is 2. The summed E-state index contributed by atoms with van der Waals surface area (Å²) in [5.41, 5.74) is 5.39. The number of aromatic amines is 1. The van der Waals surface area contributed by atoms with Gasteiger partial charge in [0.25, 0.3) is 5.56 Å². The van der Waals surface area contributed by atoms with Crippen LogP contribution in [0.5, 0.6) is 0 Å². The lowest BCUT2D eigenvalue weighted by Gasteiger charge is -2.26. The highest BCUT2D eigenvalue weighted by Crippen LogP contribution is 2.50. The number of H-pyrrole nitrogens is 1. The smallest absolute Gasteiger partial charge is 0.387 e. The number of imidazole rings is 2. The van der Waals surface area contributed by atoms with Gasteiger partial charge in [-0.2, -0.15) is 4.98 Å². The van der Waals surface area contributed by atoms with Gasteiger partial charge in [0.15, 0.2) is 52.2 Å². The van der Waals surface area contributed by atoms with Gasteiger partial charge in [-0.05, 0) is 17.7 Å². The molecule has 24 nitrogen and oxygen atoms in total. The molecule has 6 heterocycles. The van der Waals surface area contributed by atoms with Gasteiger partial charge in [-0.1, -0.05) is 6.07 Å². The minimum Gasteiger partial charge on any atom is -0.387 e. The summed E-state index contributed by atoms with van der Waals surface area (Å²) in [5, 5.41) is 24.4. The van der Waals surface area contributed by atoms with Gasteiger partial charge in [0.1, 0.15) is 43.0 Å². The van der Waals surface area contributed by atoms with Crippen molar-refractivity contribution >= 4 is 49.7 Å². The third kappa shape index (κ3) is 8.05. The third-order valence-electron chi connectivity index (χ3n) is 8.76. The molecule has 0 amide bonds. The average molecular weight is 833 g/mol. The van der Waals surface area contributed by atoms with Crippen LogP contribution in [0, 0.1) is 11.6 Å². The SMILES string of the molecule is COC1C(OP(=O)(O)OC[C@H]2O[C@@H](n3cnc4c(=O)[nH]c(N)nc43)C(O)C2O)[C@@H](COP(=O)(O)O)O[C@H]1n1cnc2c(NCc3ccc(F)c(F)c3)ncnc21. The summed E-state index contributed by atoms with van der Waals surface area (Å²) in [4.78, 5) is 64.7. The minimum atomic E-state index is -5.22. The summed E-state index contributed by atoms with van der Waals surface area (Å²) >= 11 is 0. The van der Waals surface area contributed by atoms with Crippen LogP contribution in [0.4, 0.5) is 20.5 Å². The zero-order valence-corrected chi connectivity index (χ0v) is 30.3. The van der Waals surface area contributed by atoms with E-state index in [9.17, 15) is 47.6 Å². The van der Waals surface area contributed by atoms with Crippen LogP contribution in [0.2, 0.25) is 0 Å². The van der Waals surface area contributed by atoms with Gasteiger partial charge in [0.05, 0.1) is 25.9 Å². The number of anilines is 2. The van der Waals surface area contributed by atoms with Crippen LogP contribution in [-0.4, -0.2) is 121 Å². The summed E-state index contributed by atoms with van der Waals surface area (Å²) in [6, 6.07) is 3.34. The number of hydrogen-bond donors (Lipinski definition) is 8. The molecular weight excluding hydrogens is 800 g/mol. The molecule has 0 radical (unpaired) electrons. The van der Waals surface area contributed by atoms with Gasteiger partial charge in [0.2, 0.25) is 5.95 Å². The summed E-state index contributed by atoms with van der Waals surface area (Å²) in [6.45, 7) is -1.73. The molecule has 2 aliphatic rings. The van der Waals surface area contributed by atoms with E-state index >= 15 is 0 Å². The summed E-state index contributed by atoms with van der Waals surface area (Å²) in [7, 11) is -9.14. The molecule has 5 aromatic rings. The second-order valence-corrected chi connectivity index (χ2v) is 15.0. The van der Waals surface area contributed by atoms with Crippen LogP contribution in [0.15, 0.2) is 42.0 Å². The highest BCUT2D eigenvalue weighted by atomic mass is 31.2. The Morgan fingerprint density at radius 1 is 0.911 bits per heavy atom. The molecule has 2 saturated heterocycles. The van der Waals surface area contributed by atoms with Crippen molar-refractivity contribution in [2.24, 2.45) is 0 Å². The molecule has 2 aliphatic heterocycles. The molecular formula is C28H32F2N10O14P2. The van der Waals surface area contributed by atoms with Crippen LogP contribution < -0.4 is 16.6 Å². The largest absolute Gasteiger partial charge is 0.472 e. The first-order valence-electron chi connectivity index (χ1n) is 16.2. The van der Waals surface area contributed by atoms with Gasteiger partial charge in [0, 0.05) is 13.7 Å². The van der Waals surface area contributed by atoms with Gasteiger partial charge < -0.3 is 50.2 Å². The molecule has 1 aromatic carbocycles. The molecule has 0 aliphatic carbocycles. The summed E-state index contributed by atoms with van der Waals surface area (Å²) in [6.07, 6.45) is -8.51. The summed E-state index contributed by atoms with van der Waals surface area (Å²) < 4.78 is 87.1. The van der Waals surface area contributed by atoms with Crippen molar-refractivity contribution < 1.29 is 70.6 Å². The first kappa shape index (κ1) is 39.8. The maximum atomic E-state index is 13.7. The second kappa shape index (κ2) is 15.5. The molecule has 0 bridgehead atoms. The van der Waals surface area contributed by atoms with Gasteiger partial charge in [-0.15, -0.1) is 0 Å². The van der Waals surface area contributed by atoms with E-state index in [1.807, 2.05) is 0 Å². The van der Waals surface area contributed by atoms with E-state index in [0.29, 0.717) is 5.56 Å². The Bertz CT molecular complexity index is 2400. The van der Waals surface area contributed by atoms with Crippen LogP contribution in [0.1, 0.15) is 18.0 Å². The van der Waals surface area contributed by atoms with E-state index in [0.717, 1.165) is 29.4 Å². The lowest BCUT2D eigenvalue weighted by atomic mass is 10.1. The molecule has 28 heteroatoms. The highest BCUT2D eigenvalue weighted by molar-refractivity contribution is 7.47. The predicted octanol–water partition coefficient (Wildman–Crippen LogP) is -0.425. The predicted molar refractivity (Wildman–Crippen MR) is 181 cm³/mol. The highest BCUT2D eigenvalue weighted by Gasteiger charge is 2.52. The fourth-order valence-electron chi connectivity index (χ4n) is 6.20. The minimum absolute atomic E-state index is 0.0107. The number of phosphoric ester groups is 2. The Balaban J connectivity index is 1.08.